The first kappa shape index (κ1) is 25.2. The van der Waals surface area contributed by atoms with Crippen LogP contribution in [-0.2, 0) is 16.0 Å². The average molecular weight is 478 g/mol. The van der Waals surface area contributed by atoms with Crippen molar-refractivity contribution in [2.24, 2.45) is 5.92 Å². The summed E-state index contributed by atoms with van der Waals surface area (Å²) in [6.45, 7) is 2.05. The summed E-state index contributed by atoms with van der Waals surface area (Å²) in [4.78, 5) is 36.3. The summed E-state index contributed by atoms with van der Waals surface area (Å²) in [6.07, 6.45) is 2.53. The fraction of sp³-hybridized carbons (Fsp3) is 0.250. The summed E-state index contributed by atoms with van der Waals surface area (Å²) < 4.78 is 0. The van der Waals surface area contributed by atoms with Crippen LogP contribution in [0.5, 0.6) is 0 Å². The average Bonchev–Trinajstić information content (AvgIpc) is 2.84. The quantitative estimate of drug-likeness (QED) is 0.303. The number of ketones is 1. The van der Waals surface area contributed by atoms with Gasteiger partial charge in [-0.3, -0.25) is 14.4 Å². The van der Waals surface area contributed by atoms with Crippen LogP contribution in [0.1, 0.15) is 48.5 Å². The highest BCUT2D eigenvalue weighted by Gasteiger charge is 2.22. The zero-order valence-electron chi connectivity index (χ0n) is 19.1. The SMILES string of the molecule is CCCCC(=O)Nc1ccc(-c2ccc(C(=O)CC(Cc3ccc(Cl)cc3)C(=O)O)cc2)cc1. The molecule has 0 saturated carbocycles. The number of carbonyl (C=O) groups is 3. The van der Waals surface area contributed by atoms with Crippen molar-refractivity contribution in [2.75, 3.05) is 5.32 Å². The second-order valence-electron chi connectivity index (χ2n) is 8.30. The molecule has 0 fully saturated rings. The van der Waals surface area contributed by atoms with Gasteiger partial charge in [0.15, 0.2) is 5.78 Å². The summed E-state index contributed by atoms with van der Waals surface area (Å²) in [5, 5.41) is 13.1. The van der Waals surface area contributed by atoms with Gasteiger partial charge in [0.2, 0.25) is 5.91 Å². The van der Waals surface area contributed by atoms with Crippen LogP contribution in [0, 0.1) is 5.92 Å². The second-order valence-corrected chi connectivity index (χ2v) is 8.74. The third kappa shape index (κ3) is 7.29. The van der Waals surface area contributed by atoms with E-state index >= 15 is 0 Å². The Morgan fingerprint density at radius 3 is 2.03 bits per heavy atom. The van der Waals surface area contributed by atoms with Crippen molar-refractivity contribution in [2.45, 2.75) is 39.0 Å². The molecule has 0 heterocycles. The number of anilines is 1. The molecule has 1 amide bonds. The number of benzene rings is 3. The van der Waals surface area contributed by atoms with Crippen LogP contribution in [0.15, 0.2) is 72.8 Å². The van der Waals surface area contributed by atoms with E-state index in [0.717, 1.165) is 35.2 Å². The molecule has 1 unspecified atom stereocenters. The predicted octanol–water partition coefficient (Wildman–Crippen LogP) is 6.65. The Kier molecular flexibility index (Phi) is 9.00. The van der Waals surface area contributed by atoms with Gasteiger partial charge in [-0.15, -0.1) is 0 Å². The van der Waals surface area contributed by atoms with Gasteiger partial charge in [-0.2, -0.15) is 0 Å². The molecule has 0 radical (unpaired) electrons. The van der Waals surface area contributed by atoms with Crippen molar-refractivity contribution in [3.63, 3.8) is 0 Å². The molecule has 34 heavy (non-hydrogen) atoms. The van der Waals surface area contributed by atoms with E-state index in [0.29, 0.717) is 17.0 Å². The normalized spacial score (nSPS) is 11.6. The number of carboxylic acids is 1. The number of aliphatic carboxylic acids is 1. The number of halogens is 1. The maximum Gasteiger partial charge on any atom is 0.307 e. The van der Waals surface area contributed by atoms with E-state index in [1.165, 1.54) is 0 Å². The lowest BCUT2D eigenvalue weighted by Crippen LogP contribution is -2.20. The number of carbonyl (C=O) groups excluding carboxylic acids is 2. The predicted molar refractivity (Wildman–Crippen MR) is 135 cm³/mol. The van der Waals surface area contributed by atoms with Gasteiger partial charge in [-0.25, -0.2) is 0 Å². The zero-order chi connectivity index (χ0) is 24.5. The lowest BCUT2D eigenvalue weighted by Gasteiger charge is -2.12. The summed E-state index contributed by atoms with van der Waals surface area (Å²) in [7, 11) is 0. The molecule has 0 saturated heterocycles. The van der Waals surface area contributed by atoms with Crippen LogP contribution < -0.4 is 5.32 Å². The molecular formula is C28H28ClNO4. The molecule has 176 valence electrons. The van der Waals surface area contributed by atoms with E-state index in [9.17, 15) is 19.5 Å². The minimum atomic E-state index is -0.998. The van der Waals surface area contributed by atoms with Gasteiger partial charge in [0.1, 0.15) is 0 Å². The topological polar surface area (TPSA) is 83.5 Å². The minimum absolute atomic E-state index is 0.00759. The number of rotatable bonds is 11. The molecule has 0 aliphatic rings. The highest BCUT2D eigenvalue weighted by atomic mass is 35.5. The number of hydrogen-bond donors (Lipinski definition) is 2. The number of unbranched alkanes of at least 4 members (excludes halogenated alkanes) is 1. The van der Waals surface area contributed by atoms with Gasteiger partial charge in [-0.1, -0.05) is 73.5 Å². The van der Waals surface area contributed by atoms with Crippen molar-refractivity contribution < 1.29 is 19.5 Å². The lowest BCUT2D eigenvalue weighted by atomic mass is 9.91. The molecule has 0 bridgehead atoms. The van der Waals surface area contributed by atoms with Crippen molar-refractivity contribution in [3.8, 4) is 11.1 Å². The van der Waals surface area contributed by atoms with Crippen LogP contribution in [0.3, 0.4) is 0 Å². The summed E-state index contributed by atoms with van der Waals surface area (Å²) >= 11 is 5.89. The Bertz CT molecular complexity index is 1120. The lowest BCUT2D eigenvalue weighted by molar-refractivity contribution is -0.141. The molecule has 3 aromatic carbocycles. The summed E-state index contributed by atoms with van der Waals surface area (Å²) in [6, 6.07) is 21.6. The van der Waals surface area contributed by atoms with Crippen LogP contribution >= 0.6 is 11.6 Å². The van der Waals surface area contributed by atoms with Gasteiger partial charge >= 0.3 is 5.97 Å². The van der Waals surface area contributed by atoms with Crippen molar-refractivity contribution in [1.29, 1.82) is 0 Å². The monoisotopic (exact) mass is 477 g/mol. The Hall–Kier alpha value is -3.44. The molecule has 3 rings (SSSR count). The molecule has 0 aromatic heterocycles. The Labute approximate surface area is 204 Å². The van der Waals surface area contributed by atoms with E-state index in [-0.39, 0.29) is 24.5 Å². The van der Waals surface area contributed by atoms with Gasteiger partial charge in [0.05, 0.1) is 5.92 Å². The van der Waals surface area contributed by atoms with Gasteiger partial charge < -0.3 is 10.4 Å². The van der Waals surface area contributed by atoms with Crippen LogP contribution in [0.2, 0.25) is 5.02 Å². The molecule has 3 aromatic rings. The van der Waals surface area contributed by atoms with Gasteiger partial charge in [0.25, 0.3) is 0 Å². The number of carboxylic acid groups (broad SMARTS) is 1. The summed E-state index contributed by atoms with van der Waals surface area (Å²) in [5.74, 6) is -2.01. The van der Waals surface area contributed by atoms with Crippen LogP contribution in [-0.4, -0.2) is 22.8 Å². The smallest absolute Gasteiger partial charge is 0.307 e. The van der Waals surface area contributed by atoms with Crippen LogP contribution in [0.4, 0.5) is 5.69 Å². The van der Waals surface area contributed by atoms with Gasteiger partial charge in [0, 0.05) is 29.1 Å². The van der Waals surface area contributed by atoms with E-state index in [4.69, 9.17) is 11.6 Å². The van der Waals surface area contributed by atoms with E-state index < -0.39 is 11.9 Å². The Morgan fingerprint density at radius 2 is 1.47 bits per heavy atom. The standard InChI is InChI=1S/C28H28ClNO4/c1-2-3-4-27(32)30-25-15-11-21(12-16-25)20-7-9-22(10-8-20)26(31)18-23(28(33)34)17-19-5-13-24(29)14-6-19/h5-16,23H,2-4,17-18H2,1H3,(H,30,32)(H,33,34). The molecule has 0 spiro atoms. The number of nitrogens with one attached hydrogen (secondary N) is 1. The van der Waals surface area contributed by atoms with Gasteiger partial charge in [-0.05, 0) is 53.8 Å². The number of Topliss-reactive ketones (excluding diaryl/α,β-unsaturated/α-hetero) is 1. The van der Waals surface area contributed by atoms with Crippen LogP contribution in [0.25, 0.3) is 11.1 Å². The molecule has 0 aliphatic carbocycles. The molecule has 2 N–H and O–H groups in total. The highest BCUT2D eigenvalue weighted by molar-refractivity contribution is 6.30. The van der Waals surface area contributed by atoms with Crippen molar-refractivity contribution in [3.05, 3.63) is 88.9 Å². The first-order valence-corrected chi connectivity index (χ1v) is 11.7. The van der Waals surface area contributed by atoms with E-state index in [2.05, 4.69) is 5.32 Å². The molecule has 1 atom stereocenters. The molecule has 5 nitrogen and oxygen atoms in total. The fourth-order valence-electron chi connectivity index (χ4n) is 3.65. The first-order valence-electron chi connectivity index (χ1n) is 11.4. The molecular weight excluding hydrogens is 450 g/mol. The fourth-order valence-corrected chi connectivity index (χ4v) is 3.77. The molecule has 6 heteroatoms. The first-order chi connectivity index (χ1) is 16.4. The number of amides is 1. The van der Waals surface area contributed by atoms with E-state index in [1.807, 2.05) is 43.3 Å². The number of hydrogen-bond acceptors (Lipinski definition) is 3. The molecule has 0 aliphatic heterocycles. The maximum absolute atomic E-state index is 12.7. The zero-order valence-corrected chi connectivity index (χ0v) is 19.8. The van der Waals surface area contributed by atoms with E-state index in [1.54, 1.807) is 36.4 Å². The van der Waals surface area contributed by atoms with Crippen molar-refractivity contribution >= 4 is 34.9 Å². The largest absolute Gasteiger partial charge is 0.481 e. The third-order valence-corrected chi connectivity index (χ3v) is 5.89. The summed E-state index contributed by atoms with van der Waals surface area (Å²) in [5.41, 5.74) is 3.93. The highest BCUT2D eigenvalue weighted by Crippen LogP contribution is 2.24. The second kappa shape index (κ2) is 12.1. The minimum Gasteiger partial charge on any atom is -0.481 e. The maximum atomic E-state index is 12.7. The van der Waals surface area contributed by atoms with Crippen molar-refractivity contribution in [1.82, 2.24) is 0 Å². The Balaban J connectivity index is 1.62. The third-order valence-electron chi connectivity index (χ3n) is 5.64. The Morgan fingerprint density at radius 1 is 0.882 bits per heavy atom.